The molecule has 0 aliphatic rings. The maximum Gasteiger partial charge on any atom is 0.0740 e. The zero-order chi connectivity index (χ0) is 20.2. The topological polar surface area (TPSA) is 42.7 Å². The quantitative estimate of drug-likeness (QED) is 0.382. The van der Waals surface area contributed by atoms with Crippen molar-refractivity contribution < 1.29 is 0 Å². The third kappa shape index (κ3) is 3.71. The lowest BCUT2D eigenvalue weighted by molar-refractivity contribution is 0.888. The highest BCUT2D eigenvalue weighted by molar-refractivity contribution is 5.70. The summed E-state index contributed by atoms with van der Waals surface area (Å²) in [6.07, 6.45) is 3.64. The molecule has 0 fully saturated rings. The van der Waals surface area contributed by atoms with Crippen molar-refractivity contribution in [3.8, 4) is 28.2 Å². The second-order valence-electron chi connectivity index (χ2n) is 6.97. The molecule has 0 amide bonds. The van der Waals surface area contributed by atoms with Gasteiger partial charge in [-0.15, -0.1) is 0 Å². The SMILES string of the molecule is c1ccc(-c2ccnn2-c2cccc(Nc3cccc(-c4ccccn4)c3)c2)cc1. The number of pyridine rings is 1. The molecule has 0 bridgehead atoms. The van der Waals surface area contributed by atoms with E-state index < -0.39 is 0 Å². The average molecular weight is 388 g/mol. The Bertz CT molecular complexity index is 1260. The highest BCUT2D eigenvalue weighted by atomic mass is 15.3. The minimum Gasteiger partial charge on any atom is -0.355 e. The highest BCUT2D eigenvalue weighted by Gasteiger charge is 2.08. The minimum absolute atomic E-state index is 0.957. The zero-order valence-corrected chi connectivity index (χ0v) is 16.3. The number of nitrogens with zero attached hydrogens (tertiary/aromatic N) is 3. The fourth-order valence-corrected chi connectivity index (χ4v) is 3.51. The second kappa shape index (κ2) is 8.05. The summed E-state index contributed by atoms with van der Waals surface area (Å²) >= 11 is 0. The van der Waals surface area contributed by atoms with Gasteiger partial charge in [-0.25, -0.2) is 4.68 Å². The number of hydrogen-bond acceptors (Lipinski definition) is 3. The van der Waals surface area contributed by atoms with Crippen LogP contribution in [0.1, 0.15) is 0 Å². The zero-order valence-electron chi connectivity index (χ0n) is 16.3. The van der Waals surface area contributed by atoms with Crippen LogP contribution >= 0.6 is 0 Å². The number of aromatic nitrogens is 3. The van der Waals surface area contributed by atoms with E-state index in [0.717, 1.165) is 39.6 Å². The monoisotopic (exact) mass is 388 g/mol. The molecule has 4 nitrogen and oxygen atoms in total. The van der Waals surface area contributed by atoms with Gasteiger partial charge in [0.15, 0.2) is 0 Å². The summed E-state index contributed by atoms with van der Waals surface area (Å²) in [5.74, 6) is 0. The lowest BCUT2D eigenvalue weighted by Gasteiger charge is -2.12. The van der Waals surface area contributed by atoms with Crippen molar-refractivity contribution >= 4 is 11.4 Å². The Hall–Kier alpha value is -4.18. The molecule has 2 aromatic heterocycles. The van der Waals surface area contributed by atoms with Crippen molar-refractivity contribution in [1.82, 2.24) is 14.8 Å². The van der Waals surface area contributed by atoms with Crippen LogP contribution in [0.5, 0.6) is 0 Å². The van der Waals surface area contributed by atoms with Gasteiger partial charge in [0.05, 0.1) is 23.3 Å². The lowest BCUT2D eigenvalue weighted by atomic mass is 10.1. The van der Waals surface area contributed by atoms with Crippen LogP contribution in [-0.4, -0.2) is 14.8 Å². The van der Waals surface area contributed by atoms with Crippen molar-refractivity contribution in [2.24, 2.45) is 0 Å². The summed E-state index contributed by atoms with van der Waals surface area (Å²) < 4.78 is 1.96. The fraction of sp³-hybridized carbons (Fsp3) is 0. The predicted molar refractivity (Wildman–Crippen MR) is 122 cm³/mol. The molecule has 30 heavy (non-hydrogen) atoms. The van der Waals surface area contributed by atoms with E-state index in [2.05, 4.69) is 63.9 Å². The first-order valence-electron chi connectivity index (χ1n) is 9.85. The molecule has 0 saturated carbocycles. The Morgan fingerprint density at radius 1 is 0.600 bits per heavy atom. The van der Waals surface area contributed by atoms with Crippen LogP contribution in [0.4, 0.5) is 11.4 Å². The van der Waals surface area contributed by atoms with E-state index in [1.807, 2.05) is 71.7 Å². The van der Waals surface area contributed by atoms with Gasteiger partial charge in [0.2, 0.25) is 0 Å². The van der Waals surface area contributed by atoms with Crippen molar-refractivity contribution in [3.05, 3.63) is 116 Å². The predicted octanol–water partition coefficient (Wildman–Crippen LogP) is 6.34. The van der Waals surface area contributed by atoms with Crippen molar-refractivity contribution in [2.75, 3.05) is 5.32 Å². The molecule has 5 aromatic rings. The van der Waals surface area contributed by atoms with E-state index >= 15 is 0 Å². The molecule has 0 unspecified atom stereocenters. The Morgan fingerprint density at radius 3 is 2.20 bits per heavy atom. The first kappa shape index (κ1) is 17.9. The Labute approximate surface area is 175 Å². The standard InChI is InChI=1S/C26H20N4/c1-2-8-20(9-3-1)26-15-17-28-30(26)24-13-7-12-23(19-24)29-22-11-6-10-21(18-22)25-14-4-5-16-27-25/h1-19,29H. The van der Waals surface area contributed by atoms with Crippen LogP contribution in [-0.2, 0) is 0 Å². The Morgan fingerprint density at radius 2 is 1.37 bits per heavy atom. The summed E-state index contributed by atoms with van der Waals surface area (Å²) in [5.41, 5.74) is 7.25. The van der Waals surface area contributed by atoms with Crippen LogP contribution in [0.25, 0.3) is 28.2 Å². The highest BCUT2D eigenvalue weighted by Crippen LogP contribution is 2.26. The van der Waals surface area contributed by atoms with Gasteiger partial charge in [-0.1, -0.05) is 54.6 Å². The van der Waals surface area contributed by atoms with Crippen LogP contribution in [0, 0.1) is 0 Å². The fourth-order valence-electron chi connectivity index (χ4n) is 3.51. The molecule has 0 saturated heterocycles. The summed E-state index contributed by atoms with van der Waals surface area (Å²) in [6.45, 7) is 0. The van der Waals surface area contributed by atoms with Gasteiger partial charge in [-0.2, -0.15) is 5.10 Å². The van der Waals surface area contributed by atoms with Crippen molar-refractivity contribution in [2.45, 2.75) is 0 Å². The summed E-state index contributed by atoms with van der Waals surface area (Å²) in [5, 5.41) is 8.05. The Kier molecular flexibility index (Phi) is 4.80. The molecule has 0 aliphatic heterocycles. The summed E-state index contributed by atoms with van der Waals surface area (Å²) in [4.78, 5) is 4.44. The van der Waals surface area contributed by atoms with E-state index in [0.29, 0.717) is 0 Å². The number of benzene rings is 3. The average Bonchev–Trinajstić information content (AvgIpc) is 3.31. The van der Waals surface area contributed by atoms with Gasteiger partial charge in [-0.3, -0.25) is 4.98 Å². The largest absolute Gasteiger partial charge is 0.355 e. The van der Waals surface area contributed by atoms with E-state index in [4.69, 9.17) is 0 Å². The maximum absolute atomic E-state index is 4.55. The molecular formula is C26H20N4. The molecule has 4 heteroatoms. The van der Waals surface area contributed by atoms with Gasteiger partial charge >= 0.3 is 0 Å². The molecule has 0 radical (unpaired) electrons. The van der Waals surface area contributed by atoms with Crippen LogP contribution in [0.2, 0.25) is 0 Å². The van der Waals surface area contributed by atoms with Gasteiger partial charge in [0, 0.05) is 28.7 Å². The minimum atomic E-state index is 0.957. The number of hydrogen-bond donors (Lipinski definition) is 1. The summed E-state index contributed by atoms with van der Waals surface area (Å²) in [7, 11) is 0. The maximum atomic E-state index is 4.55. The van der Waals surface area contributed by atoms with E-state index in [-0.39, 0.29) is 0 Å². The lowest BCUT2D eigenvalue weighted by Crippen LogP contribution is -2.00. The van der Waals surface area contributed by atoms with E-state index in [1.54, 1.807) is 0 Å². The molecule has 144 valence electrons. The first-order valence-corrected chi connectivity index (χ1v) is 9.85. The van der Waals surface area contributed by atoms with Crippen LogP contribution in [0.15, 0.2) is 116 Å². The van der Waals surface area contributed by atoms with Crippen LogP contribution < -0.4 is 5.32 Å². The molecule has 0 aliphatic carbocycles. The normalized spacial score (nSPS) is 10.7. The van der Waals surface area contributed by atoms with Gasteiger partial charge in [-0.05, 0) is 48.5 Å². The number of nitrogens with one attached hydrogen (secondary N) is 1. The molecule has 1 N–H and O–H groups in total. The van der Waals surface area contributed by atoms with Crippen molar-refractivity contribution in [3.63, 3.8) is 0 Å². The molecular weight excluding hydrogens is 368 g/mol. The number of rotatable bonds is 5. The van der Waals surface area contributed by atoms with E-state index in [1.165, 1.54) is 0 Å². The third-order valence-corrected chi connectivity index (χ3v) is 4.91. The summed E-state index contributed by atoms with van der Waals surface area (Å²) in [6, 6.07) is 34.8. The molecule has 3 aromatic carbocycles. The molecule has 0 spiro atoms. The van der Waals surface area contributed by atoms with E-state index in [9.17, 15) is 0 Å². The van der Waals surface area contributed by atoms with Gasteiger partial charge in [0.1, 0.15) is 0 Å². The van der Waals surface area contributed by atoms with Crippen molar-refractivity contribution in [1.29, 1.82) is 0 Å². The van der Waals surface area contributed by atoms with Gasteiger partial charge < -0.3 is 5.32 Å². The van der Waals surface area contributed by atoms with Crippen LogP contribution in [0.3, 0.4) is 0 Å². The van der Waals surface area contributed by atoms with Gasteiger partial charge in [0.25, 0.3) is 0 Å². The third-order valence-electron chi connectivity index (χ3n) is 4.91. The molecule has 0 atom stereocenters. The first-order chi connectivity index (χ1) is 14.9. The molecule has 5 rings (SSSR count). The Balaban J connectivity index is 1.44. The second-order valence-corrected chi connectivity index (χ2v) is 6.97. The smallest absolute Gasteiger partial charge is 0.0740 e. The molecule has 2 heterocycles. The number of anilines is 2.